The van der Waals surface area contributed by atoms with E-state index >= 15 is 0 Å². The summed E-state index contributed by atoms with van der Waals surface area (Å²) in [6, 6.07) is 11.9. The number of nitrogens with zero attached hydrogens (tertiary/aromatic N) is 1. The summed E-state index contributed by atoms with van der Waals surface area (Å²) < 4.78 is 38.4. The Morgan fingerprint density at radius 3 is 2.39 bits per heavy atom. The lowest BCUT2D eigenvalue weighted by Crippen LogP contribution is -2.38. The van der Waals surface area contributed by atoms with Gasteiger partial charge in [0.1, 0.15) is 13.2 Å². The van der Waals surface area contributed by atoms with Gasteiger partial charge in [0.05, 0.1) is 11.3 Å². The lowest BCUT2D eigenvalue weighted by molar-refractivity contribution is -0.115. The van der Waals surface area contributed by atoms with Crippen molar-refractivity contribution in [1.82, 2.24) is 4.31 Å². The first-order chi connectivity index (χ1) is 14.9. The van der Waals surface area contributed by atoms with Crippen molar-refractivity contribution in [2.24, 2.45) is 0 Å². The molecule has 0 atom stereocenters. The molecule has 7 nitrogen and oxygen atoms in total. The molecule has 4 rings (SSSR count). The van der Waals surface area contributed by atoms with E-state index < -0.39 is 10.0 Å². The molecule has 1 aliphatic heterocycles. The van der Waals surface area contributed by atoms with Crippen molar-refractivity contribution in [3.63, 3.8) is 0 Å². The summed E-state index contributed by atoms with van der Waals surface area (Å²) in [6.07, 6.45) is 5.30. The van der Waals surface area contributed by atoms with Crippen molar-refractivity contribution in [2.75, 3.05) is 25.6 Å². The van der Waals surface area contributed by atoms with Crippen LogP contribution in [0.2, 0.25) is 0 Å². The number of anilines is 1. The maximum atomic E-state index is 12.9. The number of ether oxygens (including phenoxy) is 2. The van der Waals surface area contributed by atoms with Crippen molar-refractivity contribution >= 4 is 21.6 Å². The molecular weight excluding hydrogens is 416 g/mol. The van der Waals surface area contributed by atoms with Gasteiger partial charge < -0.3 is 14.8 Å². The highest BCUT2D eigenvalue weighted by Gasteiger charge is 2.29. The van der Waals surface area contributed by atoms with Crippen molar-refractivity contribution in [2.45, 2.75) is 49.5 Å². The number of sulfonamides is 1. The molecule has 2 aliphatic rings. The van der Waals surface area contributed by atoms with Crippen LogP contribution in [0.3, 0.4) is 0 Å². The van der Waals surface area contributed by atoms with Gasteiger partial charge in [-0.3, -0.25) is 4.79 Å². The second-order valence-electron chi connectivity index (χ2n) is 8.04. The minimum atomic E-state index is -3.55. The van der Waals surface area contributed by atoms with E-state index in [1.54, 1.807) is 37.4 Å². The molecule has 2 aromatic rings. The zero-order valence-electron chi connectivity index (χ0n) is 17.7. The fraction of sp³-hybridized carbons (Fsp3) is 0.435. The van der Waals surface area contributed by atoms with E-state index in [1.807, 2.05) is 12.1 Å². The Kier molecular flexibility index (Phi) is 6.48. The van der Waals surface area contributed by atoms with Gasteiger partial charge in [-0.15, -0.1) is 0 Å². The van der Waals surface area contributed by atoms with Gasteiger partial charge in [0.15, 0.2) is 11.5 Å². The Labute approximate surface area is 183 Å². The summed E-state index contributed by atoms with van der Waals surface area (Å²) in [5.41, 5.74) is 1.37. The molecule has 0 aromatic heterocycles. The number of hydrogen-bond acceptors (Lipinski definition) is 5. The van der Waals surface area contributed by atoms with E-state index in [0.717, 1.165) is 31.2 Å². The molecule has 1 aliphatic carbocycles. The van der Waals surface area contributed by atoms with Crippen molar-refractivity contribution < 1.29 is 22.7 Å². The average Bonchev–Trinajstić information content (AvgIpc) is 2.79. The van der Waals surface area contributed by atoms with Crippen LogP contribution in [0.25, 0.3) is 0 Å². The van der Waals surface area contributed by atoms with E-state index in [9.17, 15) is 13.2 Å². The summed E-state index contributed by atoms with van der Waals surface area (Å²) in [4.78, 5) is 12.7. The van der Waals surface area contributed by atoms with Gasteiger partial charge in [0, 0.05) is 18.8 Å². The van der Waals surface area contributed by atoms with Crippen molar-refractivity contribution in [3.8, 4) is 11.5 Å². The Balaban J connectivity index is 1.38. The normalized spacial score (nSPS) is 16.8. The van der Waals surface area contributed by atoms with Gasteiger partial charge in [-0.05, 0) is 54.8 Å². The highest BCUT2D eigenvalue weighted by atomic mass is 32.2. The van der Waals surface area contributed by atoms with Crippen LogP contribution in [-0.4, -0.2) is 44.9 Å². The standard InChI is InChI=1S/C23H28N2O5S/c1-25(19-5-3-2-4-6-19)31(27,28)20-10-8-18(9-11-20)24-23(26)16-17-7-12-21-22(15-17)30-14-13-29-21/h7-12,15,19H,2-6,13-14,16H2,1H3,(H,24,26). The molecule has 1 saturated carbocycles. The third-order valence-corrected chi connectivity index (χ3v) is 7.80. The maximum absolute atomic E-state index is 12.9. The van der Waals surface area contributed by atoms with Crippen molar-refractivity contribution in [1.29, 1.82) is 0 Å². The lowest BCUT2D eigenvalue weighted by atomic mass is 9.96. The minimum absolute atomic E-state index is 0.0594. The minimum Gasteiger partial charge on any atom is -0.486 e. The Bertz CT molecular complexity index is 1030. The van der Waals surface area contributed by atoms with E-state index in [-0.39, 0.29) is 23.3 Å². The number of rotatable bonds is 6. The number of benzene rings is 2. The molecule has 0 bridgehead atoms. The third-order valence-electron chi connectivity index (χ3n) is 5.88. The van der Waals surface area contributed by atoms with Crippen LogP contribution in [0.5, 0.6) is 11.5 Å². The van der Waals surface area contributed by atoms with Gasteiger partial charge in [-0.25, -0.2) is 8.42 Å². The lowest BCUT2D eigenvalue weighted by Gasteiger charge is -2.30. The Morgan fingerprint density at radius 1 is 1.00 bits per heavy atom. The van der Waals surface area contributed by atoms with Crippen LogP contribution in [0, 0.1) is 0 Å². The highest BCUT2D eigenvalue weighted by molar-refractivity contribution is 7.89. The topological polar surface area (TPSA) is 84.9 Å². The van der Waals surface area contributed by atoms with Gasteiger partial charge in [0.2, 0.25) is 15.9 Å². The second kappa shape index (κ2) is 9.28. The van der Waals surface area contributed by atoms with E-state index in [0.29, 0.717) is 30.4 Å². The highest BCUT2D eigenvalue weighted by Crippen LogP contribution is 2.31. The summed E-state index contributed by atoms with van der Waals surface area (Å²) in [5.74, 6) is 1.14. The second-order valence-corrected chi connectivity index (χ2v) is 10.0. The molecule has 0 saturated heterocycles. The largest absolute Gasteiger partial charge is 0.486 e. The fourth-order valence-corrected chi connectivity index (χ4v) is 5.52. The molecule has 2 aromatic carbocycles. The fourth-order valence-electron chi connectivity index (χ4n) is 4.11. The quantitative estimate of drug-likeness (QED) is 0.736. The van der Waals surface area contributed by atoms with Crippen LogP contribution in [-0.2, 0) is 21.2 Å². The first-order valence-corrected chi connectivity index (χ1v) is 12.1. The van der Waals surface area contributed by atoms with Crippen LogP contribution < -0.4 is 14.8 Å². The average molecular weight is 445 g/mol. The van der Waals surface area contributed by atoms with Gasteiger partial charge in [0.25, 0.3) is 0 Å². The molecule has 166 valence electrons. The van der Waals surface area contributed by atoms with Gasteiger partial charge in [-0.1, -0.05) is 25.3 Å². The zero-order valence-corrected chi connectivity index (χ0v) is 18.5. The van der Waals surface area contributed by atoms with Crippen LogP contribution in [0.15, 0.2) is 47.4 Å². The van der Waals surface area contributed by atoms with E-state index in [1.165, 1.54) is 10.7 Å². The summed E-state index contributed by atoms with van der Waals surface area (Å²) in [5, 5.41) is 2.82. The van der Waals surface area contributed by atoms with Crippen LogP contribution in [0.4, 0.5) is 5.69 Å². The van der Waals surface area contributed by atoms with Crippen LogP contribution >= 0.6 is 0 Å². The molecule has 0 radical (unpaired) electrons. The molecule has 1 N–H and O–H groups in total. The third kappa shape index (κ3) is 5.02. The number of nitrogens with one attached hydrogen (secondary N) is 1. The number of carbonyl (C=O) groups is 1. The molecule has 0 spiro atoms. The predicted molar refractivity (Wildman–Crippen MR) is 118 cm³/mol. The Hall–Kier alpha value is -2.58. The first kappa shape index (κ1) is 21.6. The number of hydrogen-bond donors (Lipinski definition) is 1. The van der Waals surface area contributed by atoms with Crippen LogP contribution in [0.1, 0.15) is 37.7 Å². The smallest absolute Gasteiger partial charge is 0.243 e. The predicted octanol–water partition coefficient (Wildman–Crippen LogP) is 3.59. The zero-order chi connectivity index (χ0) is 21.8. The maximum Gasteiger partial charge on any atom is 0.243 e. The molecular formula is C23H28N2O5S. The molecule has 8 heteroatoms. The number of fused-ring (bicyclic) bond motifs is 1. The van der Waals surface area contributed by atoms with Gasteiger partial charge in [-0.2, -0.15) is 4.31 Å². The summed E-state index contributed by atoms with van der Waals surface area (Å²) in [6.45, 7) is 1.02. The van der Waals surface area contributed by atoms with Gasteiger partial charge >= 0.3 is 0 Å². The Morgan fingerprint density at radius 2 is 1.68 bits per heavy atom. The monoisotopic (exact) mass is 444 g/mol. The summed E-state index contributed by atoms with van der Waals surface area (Å²) in [7, 11) is -1.89. The van der Waals surface area contributed by atoms with Crippen molar-refractivity contribution in [3.05, 3.63) is 48.0 Å². The first-order valence-electron chi connectivity index (χ1n) is 10.7. The van der Waals surface area contributed by atoms with E-state index in [2.05, 4.69) is 5.32 Å². The number of amides is 1. The molecule has 1 heterocycles. The molecule has 31 heavy (non-hydrogen) atoms. The number of carbonyl (C=O) groups excluding carboxylic acids is 1. The molecule has 0 unspecified atom stereocenters. The molecule has 1 amide bonds. The SMILES string of the molecule is CN(C1CCCCC1)S(=O)(=O)c1ccc(NC(=O)Cc2ccc3c(c2)OCCO3)cc1. The van der Waals surface area contributed by atoms with E-state index in [4.69, 9.17) is 9.47 Å². The summed E-state index contributed by atoms with van der Waals surface area (Å²) >= 11 is 0. The molecule has 1 fully saturated rings.